The van der Waals surface area contributed by atoms with Gasteiger partial charge in [-0.05, 0) is 26.5 Å². The number of rotatable bonds is 9. The van der Waals surface area contributed by atoms with E-state index in [1.807, 2.05) is 38.1 Å². The van der Waals surface area contributed by atoms with Crippen molar-refractivity contribution in [1.82, 2.24) is 5.32 Å². The standard InChI is InChI=1S/C15H25NO3S/c1-4-6-11-20(17,18)12-14(16-3)13-9-7-8-10-15(13)19-5-2/h7-10,14,16H,4-6,11-12H2,1-3H3. The molecule has 1 N–H and O–H groups in total. The van der Waals surface area contributed by atoms with Crippen LogP contribution in [0.4, 0.5) is 0 Å². The lowest BCUT2D eigenvalue weighted by atomic mass is 10.1. The van der Waals surface area contributed by atoms with E-state index in [9.17, 15) is 8.42 Å². The van der Waals surface area contributed by atoms with Gasteiger partial charge in [-0.25, -0.2) is 8.42 Å². The summed E-state index contributed by atoms with van der Waals surface area (Å²) in [6.45, 7) is 4.48. The van der Waals surface area contributed by atoms with Crippen molar-refractivity contribution in [1.29, 1.82) is 0 Å². The summed E-state index contributed by atoms with van der Waals surface area (Å²) < 4.78 is 29.8. The fraction of sp³-hybridized carbons (Fsp3) is 0.600. The van der Waals surface area contributed by atoms with Crippen molar-refractivity contribution >= 4 is 9.84 Å². The molecule has 20 heavy (non-hydrogen) atoms. The van der Waals surface area contributed by atoms with Gasteiger partial charge in [-0.2, -0.15) is 0 Å². The molecular weight excluding hydrogens is 274 g/mol. The molecule has 1 aromatic carbocycles. The number of para-hydroxylation sites is 1. The number of hydrogen-bond acceptors (Lipinski definition) is 4. The zero-order chi connectivity index (χ0) is 15.0. The molecule has 0 amide bonds. The molecule has 0 aromatic heterocycles. The molecule has 0 radical (unpaired) electrons. The number of unbranched alkanes of at least 4 members (excludes halogenated alkanes) is 1. The second-order valence-electron chi connectivity index (χ2n) is 4.78. The molecule has 5 heteroatoms. The first-order valence-corrected chi connectivity index (χ1v) is 8.95. The van der Waals surface area contributed by atoms with Gasteiger partial charge in [-0.3, -0.25) is 0 Å². The van der Waals surface area contributed by atoms with Crippen LogP contribution in [0, 0.1) is 0 Å². The second kappa shape index (κ2) is 8.27. The summed E-state index contributed by atoms with van der Waals surface area (Å²) >= 11 is 0. The number of ether oxygens (including phenoxy) is 1. The van der Waals surface area contributed by atoms with Crippen LogP contribution in [0.2, 0.25) is 0 Å². The van der Waals surface area contributed by atoms with Gasteiger partial charge in [0.15, 0.2) is 9.84 Å². The quantitative estimate of drug-likeness (QED) is 0.761. The molecule has 0 saturated carbocycles. The first-order chi connectivity index (χ1) is 9.54. The molecule has 0 heterocycles. The molecule has 0 bridgehead atoms. The largest absolute Gasteiger partial charge is 0.494 e. The minimum atomic E-state index is -3.05. The van der Waals surface area contributed by atoms with E-state index in [-0.39, 0.29) is 17.5 Å². The molecule has 0 spiro atoms. The van der Waals surface area contributed by atoms with E-state index in [0.29, 0.717) is 13.0 Å². The average molecular weight is 299 g/mol. The Morgan fingerprint density at radius 2 is 1.95 bits per heavy atom. The summed E-state index contributed by atoms with van der Waals surface area (Å²) in [7, 11) is -1.27. The van der Waals surface area contributed by atoms with Crippen LogP contribution >= 0.6 is 0 Å². The molecule has 0 aliphatic heterocycles. The Bertz CT molecular complexity index is 500. The smallest absolute Gasteiger partial charge is 0.152 e. The van der Waals surface area contributed by atoms with Crippen LogP contribution in [0.15, 0.2) is 24.3 Å². The Kier molecular flexibility index (Phi) is 7.02. The van der Waals surface area contributed by atoms with Crippen LogP contribution in [0.3, 0.4) is 0 Å². The fourth-order valence-corrected chi connectivity index (χ4v) is 3.83. The molecular formula is C15H25NO3S. The van der Waals surface area contributed by atoms with Crippen LogP contribution in [-0.4, -0.2) is 33.6 Å². The van der Waals surface area contributed by atoms with Gasteiger partial charge in [0, 0.05) is 11.6 Å². The van der Waals surface area contributed by atoms with E-state index in [4.69, 9.17) is 4.74 Å². The lowest BCUT2D eigenvalue weighted by molar-refractivity contribution is 0.333. The van der Waals surface area contributed by atoms with Crippen molar-refractivity contribution in [3.05, 3.63) is 29.8 Å². The van der Waals surface area contributed by atoms with Crippen LogP contribution < -0.4 is 10.1 Å². The molecule has 1 rings (SSSR count). The van der Waals surface area contributed by atoms with Gasteiger partial charge < -0.3 is 10.1 Å². The summed E-state index contributed by atoms with van der Waals surface area (Å²) in [5.74, 6) is 1.10. The highest BCUT2D eigenvalue weighted by atomic mass is 32.2. The van der Waals surface area contributed by atoms with Crippen LogP contribution in [0.5, 0.6) is 5.75 Å². The summed E-state index contributed by atoms with van der Waals surface area (Å²) in [5, 5.41) is 3.09. The first kappa shape index (κ1) is 17.0. The Morgan fingerprint density at radius 1 is 1.25 bits per heavy atom. The summed E-state index contributed by atoms with van der Waals surface area (Å²) in [6, 6.07) is 7.36. The zero-order valence-corrected chi connectivity index (χ0v) is 13.4. The molecule has 0 saturated heterocycles. The van der Waals surface area contributed by atoms with Crippen LogP contribution in [0.25, 0.3) is 0 Å². The van der Waals surface area contributed by atoms with Crippen molar-refractivity contribution in [2.75, 3.05) is 25.2 Å². The number of benzene rings is 1. The van der Waals surface area contributed by atoms with E-state index < -0.39 is 9.84 Å². The Labute approximate surface area is 122 Å². The Balaban J connectivity index is 2.91. The maximum atomic E-state index is 12.1. The zero-order valence-electron chi connectivity index (χ0n) is 12.6. The van der Waals surface area contributed by atoms with Crippen molar-refractivity contribution < 1.29 is 13.2 Å². The molecule has 0 aliphatic carbocycles. The lowest BCUT2D eigenvalue weighted by Crippen LogP contribution is -2.27. The maximum Gasteiger partial charge on any atom is 0.152 e. The third-order valence-electron chi connectivity index (χ3n) is 3.17. The Morgan fingerprint density at radius 3 is 2.55 bits per heavy atom. The average Bonchev–Trinajstić information content (AvgIpc) is 2.44. The monoisotopic (exact) mass is 299 g/mol. The summed E-state index contributed by atoms with van der Waals surface area (Å²) in [6.07, 6.45) is 1.60. The van der Waals surface area contributed by atoms with E-state index >= 15 is 0 Å². The Hall–Kier alpha value is -1.07. The molecule has 4 nitrogen and oxygen atoms in total. The highest BCUT2D eigenvalue weighted by Gasteiger charge is 2.21. The molecule has 1 unspecified atom stereocenters. The third kappa shape index (κ3) is 5.13. The van der Waals surface area contributed by atoms with E-state index in [1.54, 1.807) is 7.05 Å². The van der Waals surface area contributed by atoms with Gasteiger partial charge in [0.2, 0.25) is 0 Å². The van der Waals surface area contributed by atoms with E-state index in [2.05, 4.69) is 5.32 Å². The van der Waals surface area contributed by atoms with Crippen LogP contribution in [0.1, 0.15) is 38.3 Å². The first-order valence-electron chi connectivity index (χ1n) is 7.13. The van der Waals surface area contributed by atoms with Crippen molar-refractivity contribution in [3.8, 4) is 5.75 Å². The normalized spacial score (nSPS) is 13.2. The molecule has 1 aromatic rings. The molecule has 0 aliphatic rings. The van der Waals surface area contributed by atoms with Crippen molar-refractivity contribution in [2.45, 2.75) is 32.7 Å². The maximum absolute atomic E-state index is 12.1. The topological polar surface area (TPSA) is 55.4 Å². The van der Waals surface area contributed by atoms with Crippen molar-refractivity contribution in [3.63, 3.8) is 0 Å². The third-order valence-corrected chi connectivity index (χ3v) is 4.92. The van der Waals surface area contributed by atoms with Gasteiger partial charge in [0.25, 0.3) is 0 Å². The number of hydrogen-bond donors (Lipinski definition) is 1. The second-order valence-corrected chi connectivity index (χ2v) is 7.01. The van der Waals surface area contributed by atoms with Gasteiger partial charge in [-0.15, -0.1) is 0 Å². The predicted octanol–water partition coefficient (Wildman–Crippen LogP) is 2.56. The lowest BCUT2D eigenvalue weighted by Gasteiger charge is -2.20. The number of nitrogens with one attached hydrogen (secondary N) is 1. The van der Waals surface area contributed by atoms with Crippen LogP contribution in [-0.2, 0) is 9.84 Å². The highest BCUT2D eigenvalue weighted by Crippen LogP contribution is 2.26. The minimum Gasteiger partial charge on any atom is -0.494 e. The SMILES string of the molecule is CCCCS(=O)(=O)CC(NC)c1ccccc1OCC. The molecule has 1 atom stereocenters. The van der Waals surface area contributed by atoms with E-state index in [0.717, 1.165) is 17.7 Å². The van der Waals surface area contributed by atoms with Gasteiger partial charge >= 0.3 is 0 Å². The summed E-state index contributed by atoms with van der Waals surface area (Å²) in [4.78, 5) is 0. The van der Waals surface area contributed by atoms with Gasteiger partial charge in [0.1, 0.15) is 5.75 Å². The van der Waals surface area contributed by atoms with Gasteiger partial charge in [0.05, 0.1) is 18.1 Å². The fourth-order valence-electron chi connectivity index (χ4n) is 2.09. The highest BCUT2D eigenvalue weighted by molar-refractivity contribution is 7.91. The predicted molar refractivity (Wildman–Crippen MR) is 83.0 cm³/mol. The minimum absolute atomic E-state index is 0.105. The molecule has 0 fully saturated rings. The number of sulfone groups is 1. The summed E-state index contributed by atoms with van der Waals surface area (Å²) in [5.41, 5.74) is 0.900. The van der Waals surface area contributed by atoms with E-state index in [1.165, 1.54) is 0 Å². The molecule has 114 valence electrons. The van der Waals surface area contributed by atoms with Gasteiger partial charge in [-0.1, -0.05) is 31.5 Å². The van der Waals surface area contributed by atoms with Crippen molar-refractivity contribution in [2.24, 2.45) is 0 Å².